The first kappa shape index (κ1) is 16.0. The molecule has 22 heavy (non-hydrogen) atoms. The quantitative estimate of drug-likeness (QED) is 0.855. The highest BCUT2D eigenvalue weighted by molar-refractivity contribution is 6.30. The number of hydrogen-bond acceptors (Lipinski definition) is 3. The average Bonchev–Trinajstić information content (AvgIpc) is 2.94. The van der Waals surface area contributed by atoms with Gasteiger partial charge in [-0.05, 0) is 30.2 Å². The second-order valence-corrected chi connectivity index (χ2v) is 5.50. The molecule has 1 aromatic heterocycles. The zero-order valence-electron chi connectivity index (χ0n) is 12.0. The molecule has 1 atom stereocenters. The SMILES string of the molecule is CC(CNC(=O)c1cnn(-c2ccc(Cl)cc2)c1)CC(=O)O. The minimum atomic E-state index is -0.877. The van der Waals surface area contributed by atoms with Crippen LogP contribution in [0.4, 0.5) is 0 Å². The fraction of sp³-hybridized carbons (Fsp3) is 0.267. The maximum absolute atomic E-state index is 12.0. The number of halogens is 1. The van der Waals surface area contributed by atoms with E-state index in [0.29, 0.717) is 17.1 Å². The van der Waals surface area contributed by atoms with Crippen molar-refractivity contribution in [1.82, 2.24) is 15.1 Å². The molecule has 7 heteroatoms. The molecule has 0 saturated heterocycles. The number of carbonyl (C=O) groups is 2. The van der Waals surface area contributed by atoms with Gasteiger partial charge in [0.05, 0.1) is 17.4 Å². The van der Waals surface area contributed by atoms with Crippen molar-refractivity contribution in [3.05, 3.63) is 47.2 Å². The van der Waals surface area contributed by atoms with Crippen molar-refractivity contribution in [3.8, 4) is 5.69 Å². The lowest BCUT2D eigenvalue weighted by Crippen LogP contribution is -2.28. The van der Waals surface area contributed by atoms with Gasteiger partial charge in [-0.15, -0.1) is 0 Å². The molecule has 1 aromatic carbocycles. The molecule has 0 aliphatic heterocycles. The van der Waals surface area contributed by atoms with E-state index in [-0.39, 0.29) is 18.2 Å². The highest BCUT2D eigenvalue weighted by Crippen LogP contribution is 2.13. The van der Waals surface area contributed by atoms with Gasteiger partial charge < -0.3 is 10.4 Å². The van der Waals surface area contributed by atoms with Crippen LogP contribution in [-0.4, -0.2) is 33.3 Å². The van der Waals surface area contributed by atoms with E-state index in [4.69, 9.17) is 16.7 Å². The maximum atomic E-state index is 12.0. The smallest absolute Gasteiger partial charge is 0.303 e. The summed E-state index contributed by atoms with van der Waals surface area (Å²) in [4.78, 5) is 22.6. The van der Waals surface area contributed by atoms with Crippen LogP contribution < -0.4 is 5.32 Å². The fourth-order valence-electron chi connectivity index (χ4n) is 1.91. The van der Waals surface area contributed by atoms with Crippen LogP contribution in [0.1, 0.15) is 23.7 Å². The van der Waals surface area contributed by atoms with Gasteiger partial charge >= 0.3 is 5.97 Å². The van der Waals surface area contributed by atoms with E-state index in [1.165, 1.54) is 6.20 Å². The van der Waals surface area contributed by atoms with Crippen LogP contribution in [0.3, 0.4) is 0 Å². The zero-order valence-corrected chi connectivity index (χ0v) is 12.7. The summed E-state index contributed by atoms with van der Waals surface area (Å²) in [5.74, 6) is -1.29. The number of hydrogen-bond donors (Lipinski definition) is 2. The minimum absolute atomic E-state index is 0.0182. The molecular weight excluding hydrogens is 306 g/mol. The molecule has 2 N–H and O–H groups in total. The van der Waals surface area contributed by atoms with Crippen molar-refractivity contribution in [1.29, 1.82) is 0 Å². The lowest BCUT2D eigenvalue weighted by Gasteiger charge is -2.09. The van der Waals surface area contributed by atoms with Gasteiger partial charge in [-0.3, -0.25) is 9.59 Å². The Labute approximate surface area is 132 Å². The molecule has 6 nitrogen and oxygen atoms in total. The summed E-state index contributed by atoms with van der Waals surface area (Å²) >= 11 is 5.83. The molecule has 2 aromatic rings. The van der Waals surface area contributed by atoms with Crippen molar-refractivity contribution < 1.29 is 14.7 Å². The lowest BCUT2D eigenvalue weighted by molar-refractivity contribution is -0.137. The molecule has 0 saturated carbocycles. The summed E-state index contributed by atoms with van der Waals surface area (Å²) in [6.45, 7) is 2.07. The third-order valence-electron chi connectivity index (χ3n) is 3.07. The zero-order chi connectivity index (χ0) is 16.1. The van der Waals surface area contributed by atoms with E-state index >= 15 is 0 Å². The number of benzene rings is 1. The van der Waals surface area contributed by atoms with Crippen LogP contribution in [0, 0.1) is 5.92 Å². The fourth-order valence-corrected chi connectivity index (χ4v) is 2.04. The first-order valence-electron chi connectivity index (χ1n) is 6.76. The Kier molecular flexibility index (Phi) is 5.16. The third kappa shape index (κ3) is 4.33. The maximum Gasteiger partial charge on any atom is 0.303 e. The summed E-state index contributed by atoms with van der Waals surface area (Å²) < 4.78 is 1.58. The number of aliphatic carboxylic acids is 1. The summed E-state index contributed by atoms with van der Waals surface area (Å²) in [5, 5.41) is 16.1. The molecule has 1 amide bonds. The van der Waals surface area contributed by atoms with Crippen molar-refractivity contribution in [2.75, 3.05) is 6.54 Å². The third-order valence-corrected chi connectivity index (χ3v) is 3.32. The number of nitrogens with one attached hydrogen (secondary N) is 1. The highest BCUT2D eigenvalue weighted by atomic mass is 35.5. The first-order valence-corrected chi connectivity index (χ1v) is 7.14. The Morgan fingerprint density at radius 1 is 1.36 bits per heavy atom. The van der Waals surface area contributed by atoms with Crippen molar-refractivity contribution in [3.63, 3.8) is 0 Å². The Bertz CT molecular complexity index is 667. The van der Waals surface area contributed by atoms with Gasteiger partial charge in [-0.2, -0.15) is 5.10 Å². The van der Waals surface area contributed by atoms with Crippen LogP contribution in [0.25, 0.3) is 5.69 Å². The summed E-state index contributed by atoms with van der Waals surface area (Å²) in [5.41, 5.74) is 1.21. The molecule has 0 aliphatic rings. The van der Waals surface area contributed by atoms with E-state index in [1.54, 1.807) is 42.1 Å². The number of rotatable bonds is 6. The van der Waals surface area contributed by atoms with Crippen LogP contribution >= 0.6 is 11.6 Å². The van der Waals surface area contributed by atoms with Gasteiger partial charge in [0.1, 0.15) is 0 Å². The predicted molar refractivity (Wildman–Crippen MR) is 82.3 cm³/mol. The lowest BCUT2D eigenvalue weighted by atomic mass is 10.1. The van der Waals surface area contributed by atoms with E-state index in [1.807, 2.05) is 0 Å². The largest absolute Gasteiger partial charge is 0.481 e. The second-order valence-electron chi connectivity index (χ2n) is 5.06. The highest BCUT2D eigenvalue weighted by Gasteiger charge is 2.12. The molecule has 1 heterocycles. The van der Waals surface area contributed by atoms with E-state index in [2.05, 4.69) is 10.4 Å². The van der Waals surface area contributed by atoms with Crippen LogP contribution in [0.2, 0.25) is 5.02 Å². The summed E-state index contributed by atoms with van der Waals surface area (Å²) in [6, 6.07) is 7.08. The molecule has 2 rings (SSSR count). The standard InChI is InChI=1S/C15H16ClN3O3/c1-10(6-14(20)21)7-17-15(22)11-8-18-19(9-11)13-4-2-12(16)3-5-13/h2-5,8-10H,6-7H2,1H3,(H,17,22)(H,20,21). The summed E-state index contributed by atoms with van der Waals surface area (Å²) in [6.07, 6.45) is 3.09. The van der Waals surface area contributed by atoms with E-state index in [0.717, 1.165) is 5.69 Å². The number of carboxylic acid groups (broad SMARTS) is 1. The topological polar surface area (TPSA) is 84.2 Å². The first-order chi connectivity index (χ1) is 10.5. The normalized spacial score (nSPS) is 11.9. The number of nitrogens with zero attached hydrogens (tertiary/aromatic N) is 2. The number of amides is 1. The van der Waals surface area contributed by atoms with Gasteiger partial charge in [0.15, 0.2) is 0 Å². The molecule has 0 fully saturated rings. The van der Waals surface area contributed by atoms with Gasteiger partial charge in [0.2, 0.25) is 0 Å². The molecule has 0 bridgehead atoms. The van der Waals surface area contributed by atoms with E-state index in [9.17, 15) is 9.59 Å². The average molecular weight is 322 g/mol. The second kappa shape index (κ2) is 7.09. The van der Waals surface area contributed by atoms with Crippen molar-refractivity contribution in [2.24, 2.45) is 5.92 Å². The van der Waals surface area contributed by atoms with E-state index < -0.39 is 5.97 Å². The predicted octanol–water partition coefficient (Wildman–Crippen LogP) is 2.37. The number of aromatic nitrogens is 2. The number of carbonyl (C=O) groups excluding carboxylic acids is 1. The molecule has 1 unspecified atom stereocenters. The Hall–Kier alpha value is -2.34. The Morgan fingerprint density at radius 3 is 2.68 bits per heavy atom. The van der Waals surface area contributed by atoms with Crippen molar-refractivity contribution in [2.45, 2.75) is 13.3 Å². The monoisotopic (exact) mass is 321 g/mol. The molecular formula is C15H16ClN3O3. The van der Waals surface area contributed by atoms with Gasteiger partial charge in [-0.25, -0.2) is 4.68 Å². The van der Waals surface area contributed by atoms with Gasteiger partial charge in [0, 0.05) is 24.2 Å². The molecule has 116 valence electrons. The van der Waals surface area contributed by atoms with Crippen molar-refractivity contribution >= 4 is 23.5 Å². The molecule has 0 spiro atoms. The van der Waals surface area contributed by atoms with Crippen LogP contribution in [0.5, 0.6) is 0 Å². The van der Waals surface area contributed by atoms with Gasteiger partial charge in [0.25, 0.3) is 5.91 Å². The Balaban J connectivity index is 1.97. The van der Waals surface area contributed by atoms with Crippen LogP contribution in [-0.2, 0) is 4.79 Å². The van der Waals surface area contributed by atoms with Crippen LogP contribution in [0.15, 0.2) is 36.7 Å². The number of carboxylic acids is 1. The molecule has 0 aliphatic carbocycles. The summed E-state index contributed by atoms with van der Waals surface area (Å²) in [7, 11) is 0. The molecule has 0 radical (unpaired) electrons. The Morgan fingerprint density at radius 2 is 2.05 bits per heavy atom. The van der Waals surface area contributed by atoms with Gasteiger partial charge in [-0.1, -0.05) is 18.5 Å². The minimum Gasteiger partial charge on any atom is -0.481 e.